The Kier molecular flexibility index (Phi) is 2.39. The zero-order chi connectivity index (χ0) is 8.48. The smallest absolute Gasteiger partial charge is 0.324 e. The van der Waals surface area contributed by atoms with Gasteiger partial charge in [-0.05, 0) is 18.5 Å². The predicted molar refractivity (Wildman–Crippen MR) is 40.4 cm³/mol. The van der Waals surface area contributed by atoms with Crippen molar-refractivity contribution < 1.29 is 14.4 Å². The van der Waals surface area contributed by atoms with E-state index in [9.17, 15) is 4.57 Å². The van der Waals surface area contributed by atoms with E-state index in [0.29, 0.717) is 10.6 Å². The van der Waals surface area contributed by atoms with E-state index in [1.165, 1.54) is 0 Å². The lowest BCUT2D eigenvalue weighted by Gasteiger charge is -1.99. The first-order valence-electron chi connectivity index (χ1n) is 2.81. The van der Waals surface area contributed by atoms with Crippen LogP contribution in [0.3, 0.4) is 0 Å². The maximum atomic E-state index is 10.5. The first kappa shape index (κ1) is 8.80. The molecule has 0 unspecified atom stereocenters. The van der Waals surface area contributed by atoms with Crippen LogP contribution in [0.1, 0.15) is 10.6 Å². The van der Waals surface area contributed by atoms with Gasteiger partial charge in [-0.25, -0.2) is 0 Å². The first-order chi connectivity index (χ1) is 4.99. The second-order valence-electron chi connectivity index (χ2n) is 2.10. The highest BCUT2D eigenvalue weighted by atomic mass is 32.1. The third-order valence-corrected chi connectivity index (χ3v) is 2.86. The number of hydrogen-bond acceptors (Lipinski definition) is 4. The number of aryl methyl sites for hydroxylation is 1. The van der Waals surface area contributed by atoms with Gasteiger partial charge in [-0.1, -0.05) is 4.49 Å². The summed E-state index contributed by atoms with van der Waals surface area (Å²) >= 11 is 1.02. The molecular formula is C4H7N2O3PS. The van der Waals surface area contributed by atoms with Crippen molar-refractivity contribution in [3.8, 4) is 0 Å². The lowest BCUT2D eigenvalue weighted by molar-refractivity contribution is 0.372. The summed E-state index contributed by atoms with van der Waals surface area (Å²) in [6.45, 7) is 1.68. The van der Waals surface area contributed by atoms with Gasteiger partial charge in [0.2, 0.25) is 0 Å². The second-order valence-corrected chi connectivity index (χ2v) is 4.59. The molecule has 0 aliphatic rings. The van der Waals surface area contributed by atoms with E-state index in [1.54, 1.807) is 6.92 Å². The molecule has 1 heterocycles. The van der Waals surface area contributed by atoms with E-state index >= 15 is 0 Å². The summed E-state index contributed by atoms with van der Waals surface area (Å²) in [5.74, 6) is 0. The van der Waals surface area contributed by atoms with Gasteiger partial charge in [-0.15, -0.1) is 5.10 Å². The third-order valence-electron chi connectivity index (χ3n) is 1.09. The summed E-state index contributed by atoms with van der Waals surface area (Å²) in [4.78, 5) is 17.7. The van der Waals surface area contributed by atoms with Crippen LogP contribution >= 0.6 is 19.1 Å². The molecule has 0 bridgehead atoms. The summed E-state index contributed by atoms with van der Waals surface area (Å²) in [5.41, 5.74) is 0.596. The summed E-state index contributed by atoms with van der Waals surface area (Å²) in [6, 6.07) is 0. The molecule has 0 amide bonds. The molecule has 7 heteroatoms. The predicted octanol–water partition coefficient (Wildman–Crippen LogP) is 0.524. The minimum atomic E-state index is -3.95. The van der Waals surface area contributed by atoms with Crippen molar-refractivity contribution in [1.82, 2.24) is 9.59 Å². The molecule has 1 aromatic rings. The highest BCUT2D eigenvalue weighted by Gasteiger charge is 2.17. The van der Waals surface area contributed by atoms with Gasteiger partial charge in [0.25, 0.3) is 0 Å². The summed E-state index contributed by atoms with van der Waals surface area (Å²) in [5, 5.41) is 3.63. The average Bonchev–Trinajstić information content (AvgIpc) is 2.12. The summed E-state index contributed by atoms with van der Waals surface area (Å²) < 4.78 is 14.1. The molecule has 0 atom stereocenters. The minimum Gasteiger partial charge on any atom is -0.324 e. The SMILES string of the molecule is Cc1nnsc1CP(=O)(O)O. The molecule has 5 nitrogen and oxygen atoms in total. The number of hydrogen-bond donors (Lipinski definition) is 2. The van der Waals surface area contributed by atoms with E-state index in [1.807, 2.05) is 0 Å². The van der Waals surface area contributed by atoms with Gasteiger partial charge in [0, 0.05) is 0 Å². The monoisotopic (exact) mass is 194 g/mol. The van der Waals surface area contributed by atoms with Crippen molar-refractivity contribution in [3.63, 3.8) is 0 Å². The van der Waals surface area contributed by atoms with E-state index in [2.05, 4.69) is 9.59 Å². The molecule has 0 saturated carbocycles. The Labute approximate surface area is 67.4 Å². The van der Waals surface area contributed by atoms with Crippen molar-refractivity contribution >= 4 is 19.1 Å². The largest absolute Gasteiger partial charge is 0.330 e. The van der Waals surface area contributed by atoms with Crippen molar-refractivity contribution in [1.29, 1.82) is 0 Å². The molecule has 1 rings (SSSR count). The van der Waals surface area contributed by atoms with Crippen LogP contribution in [0.4, 0.5) is 0 Å². The molecule has 0 saturated heterocycles. The fraction of sp³-hybridized carbons (Fsp3) is 0.500. The molecule has 11 heavy (non-hydrogen) atoms. The number of aromatic nitrogens is 2. The van der Waals surface area contributed by atoms with E-state index in [4.69, 9.17) is 9.79 Å². The van der Waals surface area contributed by atoms with Crippen LogP contribution in [0, 0.1) is 6.92 Å². The zero-order valence-electron chi connectivity index (χ0n) is 5.76. The number of rotatable bonds is 2. The molecule has 1 aromatic heterocycles. The Balaban J connectivity index is 2.80. The number of nitrogens with zero attached hydrogens (tertiary/aromatic N) is 2. The molecular weight excluding hydrogens is 187 g/mol. The summed E-state index contributed by atoms with van der Waals surface area (Å²) in [6.07, 6.45) is -0.253. The van der Waals surface area contributed by atoms with Crippen LogP contribution in [0.2, 0.25) is 0 Å². The van der Waals surface area contributed by atoms with Crippen molar-refractivity contribution in [2.75, 3.05) is 0 Å². The van der Waals surface area contributed by atoms with Crippen molar-refractivity contribution in [2.45, 2.75) is 13.1 Å². The van der Waals surface area contributed by atoms with Gasteiger partial charge in [0.05, 0.1) is 16.7 Å². The Hall–Kier alpha value is -0.290. The quantitative estimate of drug-likeness (QED) is 0.670. The topological polar surface area (TPSA) is 83.3 Å². The third kappa shape index (κ3) is 2.67. The molecule has 2 N–H and O–H groups in total. The zero-order valence-corrected chi connectivity index (χ0v) is 7.47. The van der Waals surface area contributed by atoms with Gasteiger partial charge in [-0.3, -0.25) is 4.57 Å². The Morgan fingerprint density at radius 3 is 2.64 bits per heavy atom. The maximum absolute atomic E-state index is 10.5. The van der Waals surface area contributed by atoms with Gasteiger partial charge in [-0.2, -0.15) is 0 Å². The fourth-order valence-electron chi connectivity index (χ4n) is 0.583. The molecule has 0 aromatic carbocycles. The highest BCUT2D eigenvalue weighted by Crippen LogP contribution is 2.40. The first-order valence-corrected chi connectivity index (χ1v) is 5.38. The van der Waals surface area contributed by atoms with Crippen LogP contribution in [0.5, 0.6) is 0 Å². The van der Waals surface area contributed by atoms with Crippen molar-refractivity contribution in [2.24, 2.45) is 0 Å². The fourth-order valence-corrected chi connectivity index (χ4v) is 2.36. The van der Waals surface area contributed by atoms with Gasteiger partial charge in [0.1, 0.15) is 0 Å². The van der Waals surface area contributed by atoms with Gasteiger partial charge in [0.15, 0.2) is 0 Å². The Morgan fingerprint density at radius 1 is 1.64 bits per heavy atom. The second kappa shape index (κ2) is 2.98. The lowest BCUT2D eigenvalue weighted by atomic mass is 10.4. The maximum Gasteiger partial charge on any atom is 0.330 e. The van der Waals surface area contributed by atoms with Crippen molar-refractivity contribution in [3.05, 3.63) is 10.6 Å². The van der Waals surface area contributed by atoms with Crippen LogP contribution in [-0.2, 0) is 10.7 Å². The Bertz CT molecular complexity index is 293. The highest BCUT2D eigenvalue weighted by molar-refractivity contribution is 7.51. The average molecular weight is 194 g/mol. The molecule has 0 radical (unpaired) electrons. The van der Waals surface area contributed by atoms with Crippen LogP contribution in [-0.4, -0.2) is 19.4 Å². The van der Waals surface area contributed by atoms with E-state index in [0.717, 1.165) is 11.5 Å². The lowest BCUT2D eigenvalue weighted by Crippen LogP contribution is -1.85. The Morgan fingerprint density at radius 2 is 2.27 bits per heavy atom. The van der Waals surface area contributed by atoms with Gasteiger partial charge >= 0.3 is 7.60 Å². The van der Waals surface area contributed by atoms with Gasteiger partial charge < -0.3 is 9.79 Å². The van der Waals surface area contributed by atoms with E-state index < -0.39 is 7.60 Å². The van der Waals surface area contributed by atoms with Crippen LogP contribution in [0.15, 0.2) is 0 Å². The molecule has 0 spiro atoms. The minimum absolute atomic E-state index is 0.253. The van der Waals surface area contributed by atoms with Crippen LogP contribution in [0.25, 0.3) is 0 Å². The molecule has 0 fully saturated rings. The standard InChI is InChI=1S/C4H7N2O3PS/c1-3-4(11-6-5-3)2-10(7,8)9/h2H2,1H3,(H2,7,8,9). The summed E-state index contributed by atoms with van der Waals surface area (Å²) in [7, 11) is -3.95. The molecule has 0 aliphatic heterocycles. The molecule has 0 aliphatic carbocycles. The van der Waals surface area contributed by atoms with Crippen LogP contribution < -0.4 is 0 Å². The molecule has 62 valence electrons. The normalized spacial score (nSPS) is 11.9. The van der Waals surface area contributed by atoms with E-state index in [-0.39, 0.29) is 6.16 Å².